The molecule has 2 N–H and O–H groups in total. The van der Waals surface area contributed by atoms with Gasteiger partial charge in [0, 0.05) is 32.4 Å². The third-order valence-electron chi connectivity index (χ3n) is 3.64. The highest BCUT2D eigenvalue weighted by Crippen LogP contribution is 2.18. The average Bonchev–Trinajstić information content (AvgIpc) is 2.68. The number of benzene rings is 1. The Kier molecular flexibility index (Phi) is 8.55. The smallest absolute Gasteiger partial charge is 0.190 e. The zero-order valence-corrected chi connectivity index (χ0v) is 15.9. The van der Waals surface area contributed by atoms with Crippen LogP contribution in [0.1, 0.15) is 12.0 Å². The molecule has 0 atom stereocenters. The van der Waals surface area contributed by atoms with Crippen LogP contribution >= 0.6 is 11.6 Å². The summed E-state index contributed by atoms with van der Waals surface area (Å²) in [5.41, 5.74) is 1.13. The highest BCUT2D eigenvalue weighted by atomic mass is 35.5. The van der Waals surface area contributed by atoms with Gasteiger partial charge in [-0.1, -0.05) is 23.7 Å². The molecule has 2 aromatic rings. The number of pyridine rings is 1. The predicted octanol–water partition coefficient (Wildman–Crippen LogP) is 2.92. The average molecular weight is 377 g/mol. The minimum absolute atomic E-state index is 0.510. The number of rotatable bonds is 9. The number of hydrogen-bond acceptors (Lipinski definition) is 4. The zero-order chi connectivity index (χ0) is 18.6. The maximum absolute atomic E-state index is 5.78. The fourth-order valence-corrected chi connectivity index (χ4v) is 2.37. The Morgan fingerprint density at radius 2 is 1.96 bits per heavy atom. The van der Waals surface area contributed by atoms with Crippen LogP contribution in [0, 0.1) is 0 Å². The molecule has 6 nitrogen and oxygen atoms in total. The second kappa shape index (κ2) is 11.2. The molecule has 0 saturated heterocycles. The van der Waals surface area contributed by atoms with Gasteiger partial charge in [-0.15, -0.1) is 0 Å². The lowest BCUT2D eigenvalue weighted by molar-refractivity contribution is 0.308. The molecule has 0 spiro atoms. The molecule has 1 aromatic carbocycles. The van der Waals surface area contributed by atoms with Crippen molar-refractivity contribution in [1.29, 1.82) is 0 Å². The van der Waals surface area contributed by atoms with Crippen molar-refractivity contribution in [3.05, 3.63) is 53.3 Å². The van der Waals surface area contributed by atoms with Gasteiger partial charge in [-0.2, -0.15) is 0 Å². The van der Waals surface area contributed by atoms with Crippen LogP contribution in [0.2, 0.25) is 5.15 Å². The van der Waals surface area contributed by atoms with Crippen LogP contribution in [0.3, 0.4) is 0 Å². The maximum atomic E-state index is 5.78. The van der Waals surface area contributed by atoms with E-state index in [-0.39, 0.29) is 0 Å². The minimum atomic E-state index is 0.510. The Morgan fingerprint density at radius 1 is 1.15 bits per heavy atom. The van der Waals surface area contributed by atoms with Gasteiger partial charge in [0.1, 0.15) is 16.7 Å². The Hall–Kier alpha value is -2.47. The number of aliphatic imine (C=N–C) groups is 1. The van der Waals surface area contributed by atoms with Gasteiger partial charge < -0.3 is 20.1 Å². The second-order valence-electron chi connectivity index (χ2n) is 5.55. The van der Waals surface area contributed by atoms with Crippen LogP contribution in [0.25, 0.3) is 0 Å². The van der Waals surface area contributed by atoms with Gasteiger partial charge in [-0.05, 0) is 36.6 Å². The normalized spacial score (nSPS) is 11.1. The Labute approximate surface area is 159 Å². The molecule has 0 amide bonds. The molecule has 0 bridgehead atoms. The molecule has 0 aliphatic heterocycles. The van der Waals surface area contributed by atoms with Crippen molar-refractivity contribution in [3.63, 3.8) is 0 Å². The van der Waals surface area contributed by atoms with Crippen LogP contribution in [0.4, 0.5) is 0 Å². The van der Waals surface area contributed by atoms with E-state index in [2.05, 4.69) is 20.6 Å². The van der Waals surface area contributed by atoms with Crippen molar-refractivity contribution in [3.8, 4) is 11.5 Å². The summed E-state index contributed by atoms with van der Waals surface area (Å²) in [5, 5.41) is 7.06. The lowest BCUT2D eigenvalue weighted by Gasteiger charge is -2.12. The molecular weight excluding hydrogens is 352 g/mol. The van der Waals surface area contributed by atoms with Gasteiger partial charge in [0.25, 0.3) is 0 Å². The monoisotopic (exact) mass is 376 g/mol. The molecule has 0 aliphatic carbocycles. The van der Waals surface area contributed by atoms with Gasteiger partial charge in [0.15, 0.2) is 5.96 Å². The van der Waals surface area contributed by atoms with E-state index < -0.39 is 0 Å². The molecule has 2 rings (SSSR count). The van der Waals surface area contributed by atoms with E-state index in [1.165, 1.54) is 0 Å². The predicted molar refractivity (Wildman–Crippen MR) is 105 cm³/mol. The number of ether oxygens (including phenoxy) is 2. The first kappa shape index (κ1) is 19.8. The number of nitrogens with one attached hydrogen (secondary N) is 2. The molecule has 26 heavy (non-hydrogen) atoms. The van der Waals surface area contributed by atoms with Crippen molar-refractivity contribution in [2.24, 2.45) is 4.99 Å². The zero-order valence-electron chi connectivity index (χ0n) is 15.2. The van der Waals surface area contributed by atoms with Gasteiger partial charge in [0.2, 0.25) is 0 Å². The first-order valence-corrected chi connectivity index (χ1v) is 8.91. The first-order chi connectivity index (χ1) is 12.7. The summed E-state index contributed by atoms with van der Waals surface area (Å²) < 4.78 is 10.9. The Bertz CT molecular complexity index is 692. The van der Waals surface area contributed by atoms with E-state index in [0.717, 1.165) is 49.0 Å². The fourth-order valence-electron chi connectivity index (χ4n) is 2.26. The molecular formula is C19H25ClN4O2. The van der Waals surface area contributed by atoms with Crippen molar-refractivity contribution < 1.29 is 9.47 Å². The lowest BCUT2D eigenvalue weighted by Crippen LogP contribution is -2.39. The number of methoxy groups -OCH3 is 1. The van der Waals surface area contributed by atoms with Gasteiger partial charge in [0.05, 0.1) is 13.7 Å². The van der Waals surface area contributed by atoms with Crippen LogP contribution in [0.15, 0.2) is 47.6 Å². The van der Waals surface area contributed by atoms with E-state index in [1.807, 2.05) is 30.3 Å². The molecule has 0 saturated carbocycles. The van der Waals surface area contributed by atoms with E-state index in [1.54, 1.807) is 26.4 Å². The quantitative estimate of drug-likeness (QED) is 0.305. The maximum Gasteiger partial charge on any atom is 0.190 e. The van der Waals surface area contributed by atoms with E-state index >= 15 is 0 Å². The van der Waals surface area contributed by atoms with Gasteiger partial charge in [-0.25, -0.2) is 4.98 Å². The minimum Gasteiger partial charge on any atom is -0.497 e. The summed E-state index contributed by atoms with van der Waals surface area (Å²) in [5.74, 6) is 2.37. The van der Waals surface area contributed by atoms with Crippen molar-refractivity contribution >= 4 is 17.6 Å². The molecule has 1 heterocycles. The fraction of sp³-hybridized carbons (Fsp3) is 0.368. The number of nitrogens with zero attached hydrogens (tertiary/aromatic N) is 2. The van der Waals surface area contributed by atoms with Crippen LogP contribution in [-0.2, 0) is 6.42 Å². The summed E-state index contributed by atoms with van der Waals surface area (Å²) >= 11 is 5.78. The number of hydrogen-bond donors (Lipinski definition) is 2. The summed E-state index contributed by atoms with van der Waals surface area (Å²) in [6, 6.07) is 11.4. The topological polar surface area (TPSA) is 67.8 Å². The lowest BCUT2D eigenvalue weighted by atomic mass is 10.2. The summed E-state index contributed by atoms with van der Waals surface area (Å²) in [6.07, 6.45) is 3.50. The molecule has 0 aliphatic rings. The highest BCUT2D eigenvalue weighted by molar-refractivity contribution is 6.29. The molecule has 0 fully saturated rings. The first-order valence-electron chi connectivity index (χ1n) is 8.53. The Morgan fingerprint density at radius 3 is 2.69 bits per heavy atom. The third-order valence-corrected chi connectivity index (χ3v) is 3.87. The highest BCUT2D eigenvalue weighted by Gasteiger charge is 2.00. The van der Waals surface area contributed by atoms with E-state index in [9.17, 15) is 0 Å². The molecule has 0 radical (unpaired) electrons. The van der Waals surface area contributed by atoms with Crippen LogP contribution in [0.5, 0.6) is 11.5 Å². The van der Waals surface area contributed by atoms with Gasteiger partial charge >= 0.3 is 0 Å². The van der Waals surface area contributed by atoms with Crippen LogP contribution < -0.4 is 20.1 Å². The number of halogens is 1. The van der Waals surface area contributed by atoms with Gasteiger partial charge in [-0.3, -0.25) is 4.99 Å². The Balaban J connectivity index is 1.60. The number of guanidine groups is 1. The molecule has 1 aromatic heterocycles. The van der Waals surface area contributed by atoms with Crippen molar-refractivity contribution in [2.75, 3.05) is 33.9 Å². The van der Waals surface area contributed by atoms with Crippen molar-refractivity contribution in [1.82, 2.24) is 15.6 Å². The van der Waals surface area contributed by atoms with E-state index in [0.29, 0.717) is 11.8 Å². The summed E-state index contributed by atoms with van der Waals surface area (Å²) in [7, 11) is 3.40. The van der Waals surface area contributed by atoms with Crippen molar-refractivity contribution in [2.45, 2.75) is 12.8 Å². The number of aromatic nitrogens is 1. The largest absolute Gasteiger partial charge is 0.497 e. The summed E-state index contributed by atoms with van der Waals surface area (Å²) in [4.78, 5) is 8.29. The standard InChI is InChI=1S/C19H25ClN4O2/c1-21-19(23-11-9-15-7-8-18(20)24-14-15)22-10-4-12-26-17-6-3-5-16(13-17)25-2/h3,5-8,13-14H,4,9-12H2,1-2H3,(H2,21,22,23). The van der Waals surface area contributed by atoms with E-state index in [4.69, 9.17) is 21.1 Å². The molecule has 0 unspecified atom stereocenters. The molecule has 140 valence electrons. The van der Waals surface area contributed by atoms with Crippen LogP contribution in [-0.4, -0.2) is 44.8 Å². The molecule has 7 heteroatoms. The third kappa shape index (κ3) is 7.19. The SMILES string of the molecule is CN=C(NCCCOc1cccc(OC)c1)NCCc1ccc(Cl)nc1. The second-order valence-corrected chi connectivity index (χ2v) is 5.93. The summed E-state index contributed by atoms with van der Waals surface area (Å²) in [6.45, 7) is 2.16.